The zero-order valence-corrected chi connectivity index (χ0v) is 24.8. The lowest BCUT2D eigenvalue weighted by molar-refractivity contribution is 0.0934. The van der Waals surface area contributed by atoms with Gasteiger partial charge in [0, 0.05) is 12.1 Å². The molecule has 1 aliphatic carbocycles. The molecule has 0 radical (unpaired) electrons. The molecular weight excluding hydrogens is 532 g/mol. The van der Waals surface area contributed by atoms with Crippen LogP contribution in [0.25, 0.3) is 5.69 Å². The number of hydrogen-bond donors (Lipinski definition) is 4. The van der Waals surface area contributed by atoms with Crippen molar-refractivity contribution in [2.45, 2.75) is 59.1 Å². The van der Waals surface area contributed by atoms with Gasteiger partial charge in [0.15, 0.2) is 17.7 Å². The van der Waals surface area contributed by atoms with Gasteiger partial charge in [0.2, 0.25) is 10.0 Å². The number of sulfonamides is 1. The van der Waals surface area contributed by atoms with Gasteiger partial charge in [-0.3, -0.25) is 9.52 Å². The average Bonchev–Trinajstić information content (AvgIpc) is 3.41. The van der Waals surface area contributed by atoms with Crippen LogP contribution < -0.4 is 20.1 Å². The molecule has 0 spiro atoms. The standard InChI is InChI=1S/C28H38N6O5S/c1-17-8-9-18(12-23(17)34-15-22(31-33-34)26(36)29-16-27(2,3)4)25(35)30-20-13-19(28(5)10-11-28)14-21(24(20)39-6)32-40(7,37)38/h8-9,12-15,25,30,32,35H,10-11,16H2,1-7H3,(H,29,36). The minimum absolute atomic E-state index is 0.0669. The molecule has 2 aromatic carbocycles. The fourth-order valence-electron chi connectivity index (χ4n) is 4.25. The first kappa shape index (κ1) is 29.3. The highest BCUT2D eigenvalue weighted by molar-refractivity contribution is 7.92. The van der Waals surface area contributed by atoms with Gasteiger partial charge < -0.3 is 20.5 Å². The third-order valence-corrected chi connectivity index (χ3v) is 7.47. The number of aryl methyl sites for hydroxylation is 1. The summed E-state index contributed by atoms with van der Waals surface area (Å²) in [4.78, 5) is 12.5. The Kier molecular flexibility index (Phi) is 7.88. The van der Waals surface area contributed by atoms with Crippen LogP contribution in [0.3, 0.4) is 0 Å². The van der Waals surface area contributed by atoms with Crippen LogP contribution in [-0.4, -0.2) is 54.3 Å². The smallest absolute Gasteiger partial charge is 0.273 e. The van der Waals surface area contributed by atoms with Gasteiger partial charge in [-0.15, -0.1) is 5.10 Å². The maximum absolute atomic E-state index is 12.5. The molecule has 1 amide bonds. The van der Waals surface area contributed by atoms with E-state index in [1.54, 1.807) is 24.4 Å². The summed E-state index contributed by atoms with van der Waals surface area (Å²) in [5.74, 6) is -0.0430. The van der Waals surface area contributed by atoms with Crippen molar-refractivity contribution >= 4 is 27.3 Å². The third kappa shape index (κ3) is 6.92. The van der Waals surface area contributed by atoms with E-state index in [1.165, 1.54) is 11.8 Å². The van der Waals surface area contributed by atoms with Gasteiger partial charge in [-0.2, -0.15) is 0 Å². The number of methoxy groups -OCH3 is 1. The van der Waals surface area contributed by atoms with Gasteiger partial charge in [-0.1, -0.05) is 45.0 Å². The number of carbonyl (C=O) groups excluding carboxylic acids is 1. The second-order valence-corrected chi connectivity index (χ2v) is 13.7. The lowest BCUT2D eigenvalue weighted by Gasteiger charge is -2.22. The Labute approximate surface area is 235 Å². The molecule has 216 valence electrons. The zero-order valence-electron chi connectivity index (χ0n) is 24.0. The highest BCUT2D eigenvalue weighted by Crippen LogP contribution is 2.51. The van der Waals surface area contributed by atoms with E-state index in [0.717, 1.165) is 30.2 Å². The normalized spacial score (nSPS) is 15.3. The predicted molar refractivity (Wildman–Crippen MR) is 155 cm³/mol. The summed E-state index contributed by atoms with van der Waals surface area (Å²) in [6, 6.07) is 9.04. The van der Waals surface area contributed by atoms with E-state index in [-0.39, 0.29) is 28.2 Å². The Hall–Kier alpha value is -3.64. The maximum Gasteiger partial charge on any atom is 0.273 e. The quantitative estimate of drug-likeness (QED) is 0.269. The molecule has 0 aliphatic heterocycles. The summed E-state index contributed by atoms with van der Waals surface area (Å²) in [5, 5.41) is 25.3. The summed E-state index contributed by atoms with van der Waals surface area (Å²) in [5.41, 5.74) is 3.78. The number of aromatic nitrogens is 3. The van der Waals surface area contributed by atoms with Crippen molar-refractivity contribution in [1.29, 1.82) is 0 Å². The molecule has 1 aromatic heterocycles. The Morgan fingerprint density at radius 1 is 1.20 bits per heavy atom. The molecule has 1 saturated carbocycles. The van der Waals surface area contributed by atoms with Crippen molar-refractivity contribution in [3.63, 3.8) is 0 Å². The van der Waals surface area contributed by atoms with E-state index in [1.807, 2.05) is 39.8 Å². The van der Waals surface area contributed by atoms with Crippen molar-refractivity contribution in [3.8, 4) is 11.4 Å². The van der Waals surface area contributed by atoms with E-state index in [4.69, 9.17) is 4.74 Å². The van der Waals surface area contributed by atoms with Crippen LogP contribution in [0.1, 0.15) is 73.9 Å². The van der Waals surface area contributed by atoms with Gasteiger partial charge >= 0.3 is 0 Å². The van der Waals surface area contributed by atoms with E-state index in [0.29, 0.717) is 29.2 Å². The first-order valence-electron chi connectivity index (χ1n) is 13.0. The van der Waals surface area contributed by atoms with Crippen molar-refractivity contribution in [2.75, 3.05) is 29.9 Å². The number of carbonyl (C=O) groups is 1. The van der Waals surface area contributed by atoms with Crippen LogP contribution in [0.4, 0.5) is 11.4 Å². The highest BCUT2D eigenvalue weighted by Gasteiger charge is 2.40. The van der Waals surface area contributed by atoms with Gasteiger partial charge in [-0.25, -0.2) is 13.1 Å². The second kappa shape index (κ2) is 10.7. The van der Waals surface area contributed by atoms with Gasteiger partial charge in [0.05, 0.1) is 36.6 Å². The molecule has 4 N–H and O–H groups in total. The molecule has 4 rings (SSSR count). The molecule has 3 aromatic rings. The molecule has 12 heteroatoms. The number of anilines is 2. The van der Waals surface area contributed by atoms with Crippen LogP contribution in [0.2, 0.25) is 0 Å². The molecule has 0 bridgehead atoms. The van der Waals surface area contributed by atoms with Crippen LogP contribution >= 0.6 is 0 Å². The number of nitrogens with one attached hydrogen (secondary N) is 3. The Morgan fingerprint density at radius 3 is 2.48 bits per heavy atom. The summed E-state index contributed by atoms with van der Waals surface area (Å²) in [6.07, 6.45) is 3.43. The fourth-order valence-corrected chi connectivity index (χ4v) is 4.80. The lowest BCUT2D eigenvalue weighted by Crippen LogP contribution is -2.32. The van der Waals surface area contributed by atoms with Crippen LogP contribution in [0.5, 0.6) is 5.75 Å². The second-order valence-electron chi connectivity index (χ2n) is 11.9. The minimum atomic E-state index is -3.57. The fraction of sp³-hybridized carbons (Fsp3) is 0.464. The van der Waals surface area contributed by atoms with E-state index < -0.39 is 16.3 Å². The first-order valence-corrected chi connectivity index (χ1v) is 14.9. The number of rotatable bonds is 10. The number of amides is 1. The Balaban J connectivity index is 1.62. The lowest BCUT2D eigenvalue weighted by atomic mass is 9.96. The summed E-state index contributed by atoms with van der Waals surface area (Å²) in [6.45, 7) is 10.6. The molecule has 1 heterocycles. The Bertz CT molecular complexity index is 1520. The molecule has 1 atom stereocenters. The third-order valence-electron chi connectivity index (χ3n) is 6.88. The molecule has 1 unspecified atom stereocenters. The van der Waals surface area contributed by atoms with E-state index >= 15 is 0 Å². The van der Waals surface area contributed by atoms with Gasteiger partial charge in [0.25, 0.3) is 5.91 Å². The molecule has 40 heavy (non-hydrogen) atoms. The first-order chi connectivity index (χ1) is 18.6. The summed E-state index contributed by atoms with van der Waals surface area (Å²) in [7, 11) is -2.12. The molecule has 1 fully saturated rings. The molecule has 1 aliphatic rings. The number of benzene rings is 2. The van der Waals surface area contributed by atoms with Gasteiger partial charge in [0.1, 0.15) is 0 Å². The highest BCUT2D eigenvalue weighted by atomic mass is 32.2. The predicted octanol–water partition coefficient (Wildman–Crippen LogP) is 3.89. The van der Waals surface area contributed by atoms with Crippen molar-refractivity contribution < 1.29 is 23.1 Å². The monoisotopic (exact) mass is 570 g/mol. The minimum Gasteiger partial charge on any atom is -0.492 e. The number of nitrogens with zero attached hydrogens (tertiary/aromatic N) is 3. The SMILES string of the molecule is COc1c(NC(O)c2ccc(C)c(-n3cc(C(=O)NCC(C)(C)C)nn3)c2)cc(C2(C)CC2)cc1NS(C)(=O)=O. The molecule has 11 nitrogen and oxygen atoms in total. The van der Waals surface area contributed by atoms with Crippen molar-refractivity contribution in [3.05, 3.63) is 58.9 Å². The Morgan fingerprint density at radius 2 is 1.88 bits per heavy atom. The molecule has 0 saturated heterocycles. The van der Waals surface area contributed by atoms with Crippen LogP contribution in [0, 0.1) is 12.3 Å². The van der Waals surface area contributed by atoms with Crippen LogP contribution in [0.15, 0.2) is 36.5 Å². The number of aliphatic hydroxyl groups is 1. The summed E-state index contributed by atoms with van der Waals surface area (Å²) >= 11 is 0. The summed E-state index contributed by atoms with van der Waals surface area (Å²) < 4.78 is 33.7. The maximum atomic E-state index is 12.5. The number of aliphatic hydroxyl groups excluding tert-OH is 1. The van der Waals surface area contributed by atoms with Crippen molar-refractivity contribution in [1.82, 2.24) is 20.3 Å². The topological polar surface area (TPSA) is 147 Å². The average molecular weight is 571 g/mol. The van der Waals surface area contributed by atoms with Crippen LogP contribution in [-0.2, 0) is 15.4 Å². The largest absolute Gasteiger partial charge is 0.492 e. The zero-order chi connectivity index (χ0) is 29.5. The van der Waals surface area contributed by atoms with Gasteiger partial charge in [-0.05, 0) is 59.9 Å². The number of ether oxygens (including phenoxy) is 1. The van der Waals surface area contributed by atoms with E-state index in [9.17, 15) is 18.3 Å². The molecular formula is C28H38N6O5S. The number of hydrogen-bond acceptors (Lipinski definition) is 8. The van der Waals surface area contributed by atoms with Crippen molar-refractivity contribution in [2.24, 2.45) is 5.41 Å². The van der Waals surface area contributed by atoms with E-state index in [2.05, 4.69) is 32.6 Å².